The Balaban J connectivity index is 2.31. The largest absolute Gasteiger partial charge is 0.398 e. The van der Waals surface area contributed by atoms with Gasteiger partial charge in [0.1, 0.15) is 17.6 Å². The van der Waals surface area contributed by atoms with Crippen molar-refractivity contribution in [2.24, 2.45) is 5.92 Å². The molecule has 0 saturated carbocycles. The summed E-state index contributed by atoms with van der Waals surface area (Å²) in [5, 5.41) is 0. The van der Waals surface area contributed by atoms with Gasteiger partial charge >= 0.3 is 11.9 Å². The lowest BCUT2D eigenvalue weighted by molar-refractivity contribution is -0.168. The minimum Gasteiger partial charge on any atom is -0.383 e. The van der Waals surface area contributed by atoms with Crippen LogP contribution in [0.5, 0.6) is 0 Å². The van der Waals surface area contributed by atoms with Gasteiger partial charge in [0.15, 0.2) is 0 Å². The molecule has 0 saturated heterocycles. The summed E-state index contributed by atoms with van der Waals surface area (Å²) in [6.45, 7) is 0. The summed E-state index contributed by atoms with van der Waals surface area (Å²) < 4.78 is 51.5. The Hall–Kier alpha value is -1.86. The van der Waals surface area contributed by atoms with Gasteiger partial charge in [0.25, 0.3) is 0 Å². The summed E-state index contributed by atoms with van der Waals surface area (Å²) in [7, 11) is 0. The maximum atomic E-state index is 13.2. The predicted molar refractivity (Wildman–Crippen MR) is 55.3 cm³/mol. The van der Waals surface area contributed by atoms with Crippen LogP contribution in [0.1, 0.15) is 12.5 Å². The van der Waals surface area contributed by atoms with E-state index in [9.17, 15) is 22.4 Å². The quantitative estimate of drug-likeness (QED) is 0.786. The Labute approximate surface area is 98.7 Å². The van der Waals surface area contributed by atoms with Gasteiger partial charge in [0.2, 0.25) is 0 Å². The average Bonchev–Trinajstić information content (AvgIpc) is 2.59. The fourth-order valence-corrected chi connectivity index (χ4v) is 1.88. The van der Waals surface area contributed by atoms with Crippen LogP contribution < -0.4 is 11.4 Å². The number of nitrogen functional groups attached to an aromatic ring is 1. The molecule has 1 aliphatic rings. The Morgan fingerprint density at radius 1 is 1.44 bits per heavy atom. The molecule has 0 aromatic carbocycles. The molecule has 0 fully saturated rings. The van der Waals surface area contributed by atoms with Crippen molar-refractivity contribution in [2.75, 3.05) is 5.73 Å². The SMILES string of the molecule is Nc1ccn([C@@H]2C=C(F)C(C(F)(F)F)C2)c(=O)n1. The highest BCUT2D eigenvalue weighted by Gasteiger charge is 2.47. The third-order valence-corrected chi connectivity index (χ3v) is 2.77. The molecular formula is C10H9F4N3O. The van der Waals surface area contributed by atoms with Crippen LogP contribution in [-0.4, -0.2) is 15.7 Å². The van der Waals surface area contributed by atoms with Crippen molar-refractivity contribution < 1.29 is 17.6 Å². The van der Waals surface area contributed by atoms with Crippen LogP contribution in [0, 0.1) is 5.92 Å². The summed E-state index contributed by atoms with van der Waals surface area (Å²) in [6, 6.07) is 0.283. The first-order chi connectivity index (χ1) is 8.29. The number of nitrogens with zero attached hydrogens (tertiary/aromatic N) is 2. The van der Waals surface area contributed by atoms with E-state index < -0.39 is 36.1 Å². The van der Waals surface area contributed by atoms with E-state index in [4.69, 9.17) is 5.73 Å². The standard InChI is InChI=1S/C10H9F4N3O/c11-7-4-5(3-6(7)10(12,13)14)17-2-1-8(15)16-9(17)18/h1-2,4-6H,3H2,(H2,15,16,18)/t5-,6?/m0/s1. The van der Waals surface area contributed by atoms with E-state index in [-0.39, 0.29) is 5.82 Å². The lowest BCUT2D eigenvalue weighted by Crippen LogP contribution is -2.28. The molecule has 8 heteroatoms. The highest BCUT2D eigenvalue weighted by atomic mass is 19.4. The van der Waals surface area contributed by atoms with Crippen molar-refractivity contribution in [3.8, 4) is 0 Å². The summed E-state index contributed by atoms with van der Waals surface area (Å²) in [6.07, 6.45) is -3.20. The second-order valence-corrected chi connectivity index (χ2v) is 3.99. The van der Waals surface area contributed by atoms with E-state index in [1.165, 1.54) is 12.3 Å². The predicted octanol–water partition coefficient (Wildman–Crippen LogP) is 1.80. The van der Waals surface area contributed by atoms with Gasteiger partial charge in [-0.2, -0.15) is 18.2 Å². The molecule has 18 heavy (non-hydrogen) atoms. The molecule has 2 rings (SSSR count). The van der Waals surface area contributed by atoms with Crippen molar-refractivity contribution in [1.82, 2.24) is 9.55 Å². The van der Waals surface area contributed by atoms with E-state index in [1.54, 1.807) is 0 Å². The summed E-state index contributed by atoms with van der Waals surface area (Å²) in [5.74, 6) is -3.46. The Kier molecular flexibility index (Phi) is 2.88. The first kappa shape index (κ1) is 12.6. The Morgan fingerprint density at radius 3 is 2.61 bits per heavy atom. The van der Waals surface area contributed by atoms with Crippen LogP contribution >= 0.6 is 0 Å². The van der Waals surface area contributed by atoms with Crippen molar-refractivity contribution in [2.45, 2.75) is 18.6 Å². The zero-order valence-electron chi connectivity index (χ0n) is 8.99. The minimum atomic E-state index is -4.65. The maximum Gasteiger partial charge on any atom is 0.398 e. The zero-order valence-corrected chi connectivity index (χ0v) is 8.99. The molecule has 0 aliphatic heterocycles. The number of anilines is 1. The molecule has 1 unspecified atom stereocenters. The third-order valence-electron chi connectivity index (χ3n) is 2.77. The normalized spacial score (nSPS) is 24.1. The lowest BCUT2D eigenvalue weighted by atomic mass is 10.1. The molecule has 1 aromatic rings. The Bertz CT molecular complexity index is 549. The van der Waals surface area contributed by atoms with Crippen molar-refractivity contribution in [3.05, 3.63) is 34.7 Å². The second kappa shape index (κ2) is 4.11. The van der Waals surface area contributed by atoms with Crippen molar-refractivity contribution >= 4 is 5.82 Å². The molecular weight excluding hydrogens is 254 g/mol. The number of halogens is 4. The molecule has 1 heterocycles. The topological polar surface area (TPSA) is 60.9 Å². The number of hydrogen-bond acceptors (Lipinski definition) is 3. The van der Waals surface area contributed by atoms with Gasteiger partial charge in [-0.15, -0.1) is 0 Å². The molecule has 2 atom stereocenters. The monoisotopic (exact) mass is 263 g/mol. The maximum absolute atomic E-state index is 13.2. The first-order valence-corrected chi connectivity index (χ1v) is 5.07. The first-order valence-electron chi connectivity index (χ1n) is 5.07. The number of alkyl halides is 3. The smallest absolute Gasteiger partial charge is 0.383 e. The van der Waals surface area contributed by atoms with Crippen LogP contribution in [0.15, 0.2) is 29.0 Å². The molecule has 0 amide bonds. The van der Waals surface area contributed by atoms with Crippen molar-refractivity contribution in [3.63, 3.8) is 0 Å². The highest BCUT2D eigenvalue weighted by molar-refractivity contribution is 5.24. The molecule has 98 valence electrons. The van der Waals surface area contributed by atoms with Gasteiger partial charge in [0, 0.05) is 6.20 Å². The van der Waals surface area contributed by atoms with E-state index >= 15 is 0 Å². The van der Waals surface area contributed by atoms with Gasteiger partial charge in [-0.1, -0.05) is 0 Å². The number of rotatable bonds is 1. The molecule has 0 spiro atoms. The van der Waals surface area contributed by atoms with Gasteiger partial charge in [-0.3, -0.25) is 4.57 Å². The number of allylic oxidation sites excluding steroid dienone is 2. The second-order valence-electron chi connectivity index (χ2n) is 3.99. The van der Waals surface area contributed by atoms with Crippen LogP contribution in [0.4, 0.5) is 23.4 Å². The number of aromatic nitrogens is 2. The molecule has 1 aromatic heterocycles. The lowest BCUT2D eigenvalue weighted by Gasteiger charge is -2.16. The zero-order chi connectivity index (χ0) is 13.5. The van der Waals surface area contributed by atoms with Gasteiger partial charge in [-0.05, 0) is 18.6 Å². The van der Waals surface area contributed by atoms with Crippen LogP contribution in [-0.2, 0) is 0 Å². The molecule has 1 aliphatic carbocycles. The summed E-state index contributed by atoms with van der Waals surface area (Å²) in [4.78, 5) is 14.8. The molecule has 0 bridgehead atoms. The van der Waals surface area contributed by atoms with Crippen molar-refractivity contribution in [1.29, 1.82) is 0 Å². The minimum absolute atomic E-state index is 0.0360. The molecule has 2 N–H and O–H groups in total. The van der Waals surface area contributed by atoms with E-state index in [2.05, 4.69) is 4.98 Å². The van der Waals surface area contributed by atoms with E-state index in [0.717, 1.165) is 10.6 Å². The Morgan fingerprint density at radius 2 is 2.11 bits per heavy atom. The summed E-state index contributed by atoms with van der Waals surface area (Å²) in [5.41, 5.74) is 4.46. The fourth-order valence-electron chi connectivity index (χ4n) is 1.88. The van der Waals surface area contributed by atoms with Gasteiger partial charge in [0.05, 0.1) is 6.04 Å². The summed E-state index contributed by atoms with van der Waals surface area (Å²) >= 11 is 0. The third kappa shape index (κ3) is 2.22. The van der Waals surface area contributed by atoms with Crippen LogP contribution in [0.25, 0.3) is 0 Å². The van der Waals surface area contributed by atoms with E-state index in [0.29, 0.717) is 0 Å². The van der Waals surface area contributed by atoms with Crippen LogP contribution in [0.3, 0.4) is 0 Å². The van der Waals surface area contributed by atoms with Crippen LogP contribution in [0.2, 0.25) is 0 Å². The fraction of sp³-hybridized carbons (Fsp3) is 0.400. The van der Waals surface area contributed by atoms with E-state index in [1.807, 2.05) is 0 Å². The van der Waals surface area contributed by atoms with Gasteiger partial charge < -0.3 is 5.73 Å². The molecule has 4 nitrogen and oxygen atoms in total. The average molecular weight is 263 g/mol. The highest BCUT2D eigenvalue weighted by Crippen LogP contribution is 2.43. The molecule has 0 radical (unpaired) electrons. The number of nitrogens with two attached hydrogens (primary N) is 1. The van der Waals surface area contributed by atoms with Gasteiger partial charge in [-0.25, -0.2) is 9.18 Å². The number of hydrogen-bond donors (Lipinski definition) is 1.